The standard InChI is InChI=1S/C28H27N5O2/c1-18(2)33-26-22(17-29-33)21(16-24(30-26)19-8-4-3-5-9-19)28(34)32-14-12-20(13-15-32)27-31-23-10-6-7-11-25(23)35-27/h3-11,16-18,20H,12-15H2,1-2H3. The highest BCUT2D eigenvalue weighted by atomic mass is 16.3. The molecule has 0 unspecified atom stereocenters. The predicted molar refractivity (Wildman–Crippen MR) is 135 cm³/mol. The summed E-state index contributed by atoms with van der Waals surface area (Å²) in [6, 6.07) is 19.9. The van der Waals surface area contributed by atoms with E-state index in [2.05, 4.69) is 23.9 Å². The highest BCUT2D eigenvalue weighted by molar-refractivity contribution is 6.06. The molecule has 176 valence electrons. The quantitative estimate of drug-likeness (QED) is 0.333. The fraction of sp³-hybridized carbons (Fsp3) is 0.286. The smallest absolute Gasteiger partial charge is 0.254 e. The second-order valence-electron chi connectivity index (χ2n) is 9.43. The molecule has 35 heavy (non-hydrogen) atoms. The minimum absolute atomic E-state index is 0.0221. The van der Waals surface area contributed by atoms with Crippen LogP contribution in [-0.4, -0.2) is 43.6 Å². The largest absolute Gasteiger partial charge is 0.440 e. The van der Waals surface area contributed by atoms with Crippen molar-refractivity contribution >= 4 is 28.0 Å². The molecule has 3 aromatic heterocycles. The molecule has 0 saturated carbocycles. The minimum atomic E-state index is 0.0221. The number of likely N-dealkylation sites (tertiary alicyclic amines) is 1. The van der Waals surface area contributed by atoms with Crippen molar-refractivity contribution in [1.29, 1.82) is 0 Å². The predicted octanol–water partition coefficient (Wildman–Crippen LogP) is 5.84. The maximum Gasteiger partial charge on any atom is 0.254 e. The number of rotatable bonds is 4. The summed E-state index contributed by atoms with van der Waals surface area (Å²) in [6.45, 7) is 5.46. The maximum absolute atomic E-state index is 13.8. The Labute approximate surface area is 203 Å². The summed E-state index contributed by atoms with van der Waals surface area (Å²) < 4.78 is 7.89. The monoisotopic (exact) mass is 465 g/mol. The van der Waals surface area contributed by atoms with E-state index in [9.17, 15) is 4.79 Å². The van der Waals surface area contributed by atoms with Crippen molar-refractivity contribution in [2.24, 2.45) is 0 Å². The summed E-state index contributed by atoms with van der Waals surface area (Å²) in [4.78, 5) is 25.3. The van der Waals surface area contributed by atoms with Gasteiger partial charge in [0.1, 0.15) is 5.52 Å². The van der Waals surface area contributed by atoms with Crippen molar-refractivity contribution in [2.75, 3.05) is 13.1 Å². The van der Waals surface area contributed by atoms with Crippen molar-refractivity contribution in [3.05, 3.63) is 78.3 Å². The van der Waals surface area contributed by atoms with Crippen LogP contribution in [0.1, 0.15) is 54.9 Å². The van der Waals surface area contributed by atoms with Gasteiger partial charge in [0.25, 0.3) is 5.91 Å². The van der Waals surface area contributed by atoms with Crippen LogP contribution in [0.3, 0.4) is 0 Å². The maximum atomic E-state index is 13.8. The Morgan fingerprint density at radius 3 is 2.49 bits per heavy atom. The van der Waals surface area contributed by atoms with Gasteiger partial charge < -0.3 is 9.32 Å². The zero-order valence-electron chi connectivity index (χ0n) is 19.9. The van der Waals surface area contributed by atoms with E-state index in [1.165, 1.54) is 0 Å². The summed E-state index contributed by atoms with van der Waals surface area (Å²) in [5.41, 5.74) is 4.86. The summed E-state index contributed by atoms with van der Waals surface area (Å²) in [5, 5.41) is 5.35. The van der Waals surface area contributed by atoms with E-state index < -0.39 is 0 Å². The van der Waals surface area contributed by atoms with E-state index in [0.717, 1.165) is 52.1 Å². The third-order valence-electron chi connectivity index (χ3n) is 6.80. The van der Waals surface area contributed by atoms with Gasteiger partial charge in [0, 0.05) is 30.6 Å². The van der Waals surface area contributed by atoms with Crippen LogP contribution in [0.4, 0.5) is 0 Å². The van der Waals surface area contributed by atoms with E-state index in [1.807, 2.05) is 70.2 Å². The molecule has 7 heteroatoms. The van der Waals surface area contributed by atoms with Gasteiger partial charge in [0.05, 0.1) is 22.8 Å². The number of fused-ring (bicyclic) bond motifs is 2. The summed E-state index contributed by atoms with van der Waals surface area (Å²) in [7, 11) is 0. The Balaban J connectivity index is 1.30. The molecule has 1 fully saturated rings. The molecule has 0 N–H and O–H groups in total. The molecule has 2 aromatic carbocycles. The number of nitrogens with zero attached hydrogens (tertiary/aromatic N) is 5. The van der Waals surface area contributed by atoms with Gasteiger partial charge in [0.15, 0.2) is 17.1 Å². The van der Waals surface area contributed by atoms with Crippen LogP contribution in [0.2, 0.25) is 0 Å². The number of oxazole rings is 1. The highest BCUT2D eigenvalue weighted by Gasteiger charge is 2.29. The summed E-state index contributed by atoms with van der Waals surface area (Å²) in [5.74, 6) is 1.01. The van der Waals surface area contributed by atoms with Crippen molar-refractivity contribution in [3.8, 4) is 11.3 Å². The first-order valence-electron chi connectivity index (χ1n) is 12.2. The summed E-state index contributed by atoms with van der Waals surface area (Å²) in [6.07, 6.45) is 3.42. The second-order valence-corrected chi connectivity index (χ2v) is 9.43. The van der Waals surface area contributed by atoms with Gasteiger partial charge in [-0.25, -0.2) is 14.6 Å². The van der Waals surface area contributed by atoms with Crippen LogP contribution >= 0.6 is 0 Å². The molecule has 1 aliphatic rings. The number of aromatic nitrogens is 4. The Morgan fingerprint density at radius 2 is 1.74 bits per heavy atom. The third kappa shape index (κ3) is 3.87. The number of benzene rings is 2. The molecule has 5 aromatic rings. The molecule has 7 nitrogen and oxygen atoms in total. The molecule has 1 aliphatic heterocycles. The highest BCUT2D eigenvalue weighted by Crippen LogP contribution is 2.32. The minimum Gasteiger partial charge on any atom is -0.440 e. The first-order chi connectivity index (χ1) is 17.1. The van der Waals surface area contributed by atoms with Crippen molar-refractivity contribution in [2.45, 2.75) is 38.6 Å². The lowest BCUT2D eigenvalue weighted by atomic mass is 9.96. The third-order valence-corrected chi connectivity index (χ3v) is 6.80. The average Bonchev–Trinajstić information content (AvgIpc) is 3.53. The van der Waals surface area contributed by atoms with Crippen LogP contribution in [0, 0.1) is 0 Å². The van der Waals surface area contributed by atoms with Gasteiger partial charge in [-0.05, 0) is 44.9 Å². The zero-order chi connectivity index (χ0) is 23.9. The first kappa shape index (κ1) is 21.5. The SMILES string of the molecule is CC(C)n1ncc2c(C(=O)N3CCC(c4nc5ccccc5o4)CC3)cc(-c3ccccc3)nc21. The molecule has 0 spiro atoms. The van der Waals surface area contributed by atoms with Gasteiger partial charge in [-0.2, -0.15) is 5.10 Å². The zero-order valence-corrected chi connectivity index (χ0v) is 19.9. The van der Waals surface area contributed by atoms with Crippen molar-refractivity contribution in [3.63, 3.8) is 0 Å². The fourth-order valence-electron chi connectivity index (χ4n) is 4.89. The number of hydrogen-bond acceptors (Lipinski definition) is 5. The lowest BCUT2D eigenvalue weighted by Gasteiger charge is -2.31. The van der Waals surface area contributed by atoms with E-state index in [1.54, 1.807) is 6.20 Å². The van der Waals surface area contributed by atoms with Crippen molar-refractivity contribution in [1.82, 2.24) is 24.6 Å². The molecular weight excluding hydrogens is 438 g/mol. The normalized spacial score (nSPS) is 14.9. The lowest BCUT2D eigenvalue weighted by Crippen LogP contribution is -2.38. The number of para-hydroxylation sites is 2. The second kappa shape index (κ2) is 8.65. The topological polar surface area (TPSA) is 77.0 Å². The van der Waals surface area contributed by atoms with E-state index in [0.29, 0.717) is 18.7 Å². The van der Waals surface area contributed by atoms with Gasteiger partial charge in [-0.3, -0.25) is 4.79 Å². The van der Waals surface area contributed by atoms with Crippen LogP contribution in [-0.2, 0) is 0 Å². The van der Waals surface area contributed by atoms with Crippen LogP contribution in [0.5, 0.6) is 0 Å². The number of carbonyl (C=O) groups excluding carboxylic acids is 1. The molecule has 0 radical (unpaired) electrons. The van der Waals surface area contributed by atoms with Gasteiger partial charge in [-0.1, -0.05) is 42.5 Å². The summed E-state index contributed by atoms with van der Waals surface area (Å²) >= 11 is 0. The first-order valence-corrected chi connectivity index (χ1v) is 12.2. The average molecular weight is 466 g/mol. The van der Waals surface area contributed by atoms with Crippen molar-refractivity contribution < 1.29 is 9.21 Å². The van der Waals surface area contributed by atoms with E-state index >= 15 is 0 Å². The van der Waals surface area contributed by atoms with E-state index in [-0.39, 0.29) is 17.9 Å². The Morgan fingerprint density at radius 1 is 1.00 bits per heavy atom. The van der Waals surface area contributed by atoms with Gasteiger partial charge in [0.2, 0.25) is 0 Å². The number of amides is 1. The lowest BCUT2D eigenvalue weighted by molar-refractivity contribution is 0.0708. The Kier molecular flexibility index (Phi) is 5.32. The van der Waals surface area contributed by atoms with Gasteiger partial charge >= 0.3 is 0 Å². The van der Waals surface area contributed by atoms with Gasteiger partial charge in [-0.15, -0.1) is 0 Å². The van der Waals surface area contributed by atoms with Crippen LogP contribution in [0.25, 0.3) is 33.4 Å². The molecule has 4 heterocycles. The molecule has 6 rings (SSSR count). The molecule has 0 bridgehead atoms. The number of hydrogen-bond donors (Lipinski definition) is 0. The molecular formula is C28H27N5O2. The molecule has 1 saturated heterocycles. The van der Waals surface area contributed by atoms with E-state index in [4.69, 9.17) is 9.40 Å². The molecule has 0 aliphatic carbocycles. The fourth-order valence-corrected chi connectivity index (χ4v) is 4.89. The van der Waals surface area contributed by atoms with Crippen LogP contribution < -0.4 is 0 Å². The Bertz CT molecular complexity index is 1480. The number of pyridine rings is 1. The number of piperidine rings is 1. The van der Waals surface area contributed by atoms with Crippen LogP contribution in [0.15, 0.2) is 71.3 Å². The molecule has 0 atom stereocenters. The number of carbonyl (C=O) groups is 1. The Hall–Kier alpha value is -4.00. The molecule has 1 amide bonds.